The van der Waals surface area contributed by atoms with Gasteiger partial charge in [-0.25, -0.2) is 8.78 Å². The molecule has 2 N–H and O–H groups in total. The molecule has 180 valence electrons. The number of rotatable bonds is 6. The molecule has 2 fully saturated rings. The number of piperidine rings is 1. The highest BCUT2D eigenvalue weighted by atomic mass is 19.2. The topological polar surface area (TPSA) is 74.9 Å². The summed E-state index contributed by atoms with van der Waals surface area (Å²) in [5.41, 5.74) is 1.07. The zero-order valence-electron chi connectivity index (χ0n) is 18.9. The zero-order chi connectivity index (χ0) is 23.7. The highest BCUT2D eigenvalue weighted by Crippen LogP contribution is 2.35. The molecule has 1 atom stereocenters. The third-order valence-electron chi connectivity index (χ3n) is 6.87. The van der Waals surface area contributed by atoms with Crippen LogP contribution < -0.4 is 5.32 Å². The van der Waals surface area contributed by atoms with E-state index in [1.807, 2.05) is 12.1 Å². The maximum atomic E-state index is 13.5. The van der Waals surface area contributed by atoms with Crippen LogP contribution in [-0.4, -0.2) is 48.3 Å². The van der Waals surface area contributed by atoms with Crippen molar-refractivity contribution in [2.75, 3.05) is 26.2 Å². The Morgan fingerprint density at radius 1 is 1.12 bits per heavy atom. The number of hydrogen-bond donors (Lipinski definition) is 2. The zero-order valence-corrected chi connectivity index (χ0v) is 18.9. The lowest BCUT2D eigenvalue weighted by molar-refractivity contribution is -0.0276. The van der Waals surface area contributed by atoms with Gasteiger partial charge in [0.25, 0.3) is 5.91 Å². The van der Waals surface area contributed by atoms with E-state index >= 15 is 0 Å². The van der Waals surface area contributed by atoms with Gasteiger partial charge in [-0.1, -0.05) is 12.1 Å². The molecule has 2 saturated heterocycles. The van der Waals surface area contributed by atoms with Gasteiger partial charge in [-0.2, -0.15) is 0 Å². The van der Waals surface area contributed by atoms with Gasteiger partial charge in [0.15, 0.2) is 17.4 Å². The number of likely N-dealkylation sites (tertiary alicyclic amines) is 1. The number of ether oxygens (including phenoxy) is 1. The van der Waals surface area contributed by atoms with Crippen molar-refractivity contribution >= 4 is 16.9 Å². The van der Waals surface area contributed by atoms with Crippen molar-refractivity contribution in [3.05, 3.63) is 71.0 Å². The van der Waals surface area contributed by atoms with E-state index in [4.69, 9.17) is 9.15 Å². The van der Waals surface area contributed by atoms with Gasteiger partial charge in [0.05, 0.1) is 11.7 Å². The predicted octanol–water partition coefficient (Wildman–Crippen LogP) is 4.10. The summed E-state index contributed by atoms with van der Waals surface area (Å²) in [5.74, 6) is -1.75. The van der Waals surface area contributed by atoms with E-state index in [2.05, 4.69) is 10.2 Å². The summed E-state index contributed by atoms with van der Waals surface area (Å²) in [7, 11) is 0. The molecule has 0 radical (unpaired) electrons. The Kier molecular flexibility index (Phi) is 6.38. The van der Waals surface area contributed by atoms with Gasteiger partial charge in [0, 0.05) is 38.2 Å². The Labute approximate surface area is 196 Å². The fourth-order valence-corrected chi connectivity index (χ4v) is 4.81. The minimum absolute atomic E-state index is 0.0575. The van der Waals surface area contributed by atoms with E-state index in [1.54, 1.807) is 18.2 Å². The number of fused-ring (bicyclic) bond motifs is 1. The standard InChI is InChI=1S/C26H28F2N2O4/c27-21-5-3-17(12-22(21)28)16-30-9-7-26(32,8-10-30)19-4-6-23-18(13-19)14-24(34-23)25(31)29-15-20-2-1-11-33-20/h3-6,12-14,20,32H,1-2,7-11,15-16H2,(H,29,31)/t20-/m1/s1. The Bertz CT molecular complexity index is 1180. The van der Waals surface area contributed by atoms with Crippen molar-refractivity contribution < 1.29 is 27.8 Å². The molecule has 0 bridgehead atoms. The summed E-state index contributed by atoms with van der Waals surface area (Å²) in [5, 5.41) is 15.0. The summed E-state index contributed by atoms with van der Waals surface area (Å²) in [4.78, 5) is 14.6. The van der Waals surface area contributed by atoms with E-state index in [0.29, 0.717) is 50.2 Å². The van der Waals surface area contributed by atoms with Crippen molar-refractivity contribution in [3.63, 3.8) is 0 Å². The van der Waals surface area contributed by atoms with Crippen molar-refractivity contribution in [3.8, 4) is 0 Å². The number of hydrogen-bond acceptors (Lipinski definition) is 5. The number of furan rings is 1. The van der Waals surface area contributed by atoms with E-state index in [0.717, 1.165) is 36.5 Å². The maximum absolute atomic E-state index is 13.5. The first kappa shape index (κ1) is 23.0. The van der Waals surface area contributed by atoms with Crippen LogP contribution in [0.4, 0.5) is 8.78 Å². The average Bonchev–Trinajstić information content (AvgIpc) is 3.51. The Balaban J connectivity index is 1.22. The van der Waals surface area contributed by atoms with Crippen molar-refractivity contribution in [2.24, 2.45) is 0 Å². The Morgan fingerprint density at radius 3 is 2.68 bits per heavy atom. The van der Waals surface area contributed by atoms with E-state index in [9.17, 15) is 18.7 Å². The lowest BCUT2D eigenvalue weighted by Gasteiger charge is -2.38. The van der Waals surface area contributed by atoms with Crippen molar-refractivity contribution in [2.45, 2.75) is 43.9 Å². The van der Waals surface area contributed by atoms with Gasteiger partial charge in [0.1, 0.15) is 5.58 Å². The summed E-state index contributed by atoms with van der Waals surface area (Å²) < 4.78 is 37.9. The van der Waals surface area contributed by atoms with Crippen LogP contribution in [0.3, 0.4) is 0 Å². The molecule has 3 heterocycles. The molecule has 34 heavy (non-hydrogen) atoms. The molecule has 6 nitrogen and oxygen atoms in total. The summed E-state index contributed by atoms with van der Waals surface area (Å²) in [6, 6.07) is 11.1. The van der Waals surface area contributed by atoms with Crippen LogP contribution in [0, 0.1) is 11.6 Å². The minimum atomic E-state index is -1.00. The van der Waals surface area contributed by atoms with Gasteiger partial charge < -0.3 is 19.6 Å². The molecule has 0 spiro atoms. The molecule has 1 amide bonds. The normalized spacial score (nSPS) is 20.6. The first-order valence-corrected chi connectivity index (χ1v) is 11.7. The summed E-state index contributed by atoms with van der Waals surface area (Å²) in [6.45, 7) is 2.94. The highest BCUT2D eigenvalue weighted by molar-refractivity contribution is 5.96. The van der Waals surface area contributed by atoms with E-state index in [-0.39, 0.29) is 17.8 Å². The van der Waals surface area contributed by atoms with Gasteiger partial charge in [0.2, 0.25) is 0 Å². The molecule has 1 aromatic heterocycles. The van der Waals surface area contributed by atoms with Crippen LogP contribution in [0.15, 0.2) is 46.9 Å². The van der Waals surface area contributed by atoms with Crippen LogP contribution in [0.25, 0.3) is 11.0 Å². The second kappa shape index (κ2) is 9.44. The van der Waals surface area contributed by atoms with Crippen LogP contribution in [-0.2, 0) is 16.9 Å². The molecule has 2 aliphatic rings. The minimum Gasteiger partial charge on any atom is -0.451 e. The third-order valence-corrected chi connectivity index (χ3v) is 6.87. The van der Waals surface area contributed by atoms with Gasteiger partial charge in [-0.3, -0.25) is 9.69 Å². The lowest BCUT2D eigenvalue weighted by Crippen LogP contribution is -2.42. The van der Waals surface area contributed by atoms with Gasteiger partial charge in [-0.15, -0.1) is 0 Å². The second-order valence-electron chi connectivity index (χ2n) is 9.26. The summed E-state index contributed by atoms with van der Waals surface area (Å²) >= 11 is 0. The number of halogens is 2. The summed E-state index contributed by atoms with van der Waals surface area (Å²) in [6.07, 6.45) is 3.03. The predicted molar refractivity (Wildman–Crippen MR) is 122 cm³/mol. The number of carbonyl (C=O) groups excluding carboxylic acids is 1. The smallest absolute Gasteiger partial charge is 0.287 e. The van der Waals surface area contributed by atoms with Crippen LogP contribution in [0.2, 0.25) is 0 Å². The Morgan fingerprint density at radius 2 is 1.94 bits per heavy atom. The van der Waals surface area contributed by atoms with Crippen LogP contribution >= 0.6 is 0 Å². The second-order valence-corrected chi connectivity index (χ2v) is 9.26. The molecule has 5 rings (SSSR count). The molecule has 0 unspecified atom stereocenters. The maximum Gasteiger partial charge on any atom is 0.287 e. The van der Waals surface area contributed by atoms with Crippen LogP contribution in [0.1, 0.15) is 47.4 Å². The van der Waals surface area contributed by atoms with Gasteiger partial charge in [-0.05, 0) is 67.1 Å². The molecule has 0 aliphatic carbocycles. The molecule has 3 aromatic rings. The van der Waals surface area contributed by atoms with E-state index in [1.165, 1.54) is 6.07 Å². The molecular weight excluding hydrogens is 442 g/mol. The molecule has 2 aromatic carbocycles. The molecule has 2 aliphatic heterocycles. The number of benzene rings is 2. The quantitative estimate of drug-likeness (QED) is 0.567. The molecule has 0 saturated carbocycles. The fourth-order valence-electron chi connectivity index (χ4n) is 4.81. The fraction of sp³-hybridized carbons (Fsp3) is 0.423. The van der Waals surface area contributed by atoms with Crippen molar-refractivity contribution in [1.82, 2.24) is 10.2 Å². The molecule has 8 heteroatoms. The SMILES string of the molecule is O=C(NC[C@H]1CCCO1)c1cc2cc(C3(O)CCN(Cc4ccc(F)c(F)c4)CC3)ccc2o1. The first-order chi connectivity index (χ1) is 16.4. The molecular formula is C26H28F2N2O4. The lowest BCUT2D eigenvalue weighted by atomic mass is 9.84. The van der Waals surface area contributed by atoms with E-state index < -0.39 is 17.2 Å². The monoisotopic (exact) mass is 470 g/mol. The first-order valence-electron chi connectivity index (χ1n) is 11.7. The third kappa shape index (κ3) is 4.85. The largest absolute Gasteiger partial charge is 0.451 e. The average molecular weight is 471 g/mol. The number of amides is 1. The number of carbonyl (C=O) groups is 1. The van der Waals surface area contributed by atoms with Gasteiger partial charge >= 0.3 is 0 Å². The van der Waals surface area contributed by atoms with Crippen molar-refractivity contribution in [1.29, 1.82) is 0 Å². The number of aliphatic hydroxyl groups is 1. The Hall–Kier alpha value is -2.81. The van der Waals surface area contributed by atoms with Crippen LogP contribution in [0.5, 0.6) is 0 Å². The highest BCUT2D eigenvalue weighted by Gasteiger charge is 2.34. The number of nitrogens with one attached hydrogen (secondary N) is 1. The number of nitrogens with zero attached hydrogens (tertiary/aromatic N) is 1.